The van der Waals surface area contributed by atoms with Gasteiger partial charge in [-0.3, -0.25) is 4.79 Å². The van der Waals surface area contributed by atoms with Crippen molar-refractivity contribution in [2.45, 2.75) is 32.7 Å². The second-order valence-electron chi connectivity index (χ2n) is 4.53. The number of hydrogen-bond donors (Lipinski definition) is 1. The first kappa shape index (κ1) is 12.2. The van der Waals surface area contributed by atoms with E-state index in [2.05, 4.69) is 5.32 Å². The zero-order chi connectivity index (χ0) is 12.1. The zero-order valence-electron chi connectivity index (χ0n) is 10.4. The summed E-state index contributed by atoms with van der Waals surface area (Å²) >= 11 is 0. The highest BCUT2D eigenvalue weighted by Crippen LogP contribution is 2.09. The minimum atomic E-state index is 0.312. The lowest BCUT2D eigenvalue weighted by Crippen LogP contribution is -2.28. The average molecular weight is 236 g/mol. The van der Waals surface area contributed by atoms with Gasteiger partial charge in [0.05, 0.1) is 6.54 Å². The number of nitrogens with one attached hydrogen (secondary N) is 1. The number of likely N-dealkylation sites (tertiary alicyclic amines) is 1. The number of nitrogens with zero attached hydrogens (tertiary/aromatic N) is 1. The maximum absolute atomic E-state index is 11.4. The normalized spacial score (nSPS) is 15.8. The summed E-state index contributed by atoms with van der Waals surface area (Å²) < 4.78 is 5.45. The highest BCUT2D eigenvalue weighted by Gasteiger charge is 2.18. The monoisotopic (exact) mass is 236 g/mol. The molecule has 0 radical (unpaired) electrons. The van der Waals surface area contributed by atoms with Crippen LogP contribution < -0.4 is 5.32 Å². The van der Waals surface area contributed by atoms with E-state index in [0.29, 0.717) is 5.91 Å². The number of rotatable bonds is 6. The van der Waals surface area contributed by atoms with Gasteiger partial charge in [-0.15, -0.1) is 0 Å². The van der Waals surface area contributed by atoms with Crippen molar-refractivity contribution < 1.29 is 9.21 Å². The lowest BCUT2D eigenvalue weighted by atomic mass is 10.3. The maximum Gasteiger partial charge on any atom is 0.222 e. The van der Waals surface area contributed by atoms with Crippen molar-refractivity contribution in [1.82, 2.24) is 10.2 Å². The number of furan rings is 1. The first-order chi connectivity index (χ1) is 8.25. The summed E-state index contributed by atoms with van der Waals surface area (Å²) in [6, 6.07) is 3.96. The molecule has 0 bridgehead atoms. The van der Waals surface area contributed by atoms with Gasteiger partial charge < -0.3 is 14.6 Å². The Kier molecular flexibility index (Phi) is 4.20. The topological polar surface area (TPSA) is 45.5 Å². The molecule has 4 nitrogen and oxygen atoms in total. The second-order valence-corrected chi connectivity index (χ2v) is 4.53. The Morgan fingerprint density at radius 1 is 1.47 bits per heavy atom. The summed E-state index contributed by atoms with van der Waals surface area (Å²) in [5.41, 5.74) is 0. The number of carbonyl (C=O) groups excluding carboxylic acids is 1. The van der Waals surface area contributed by atoms with E-state index in [1.165, 1.54) is 0 Å². The van der Waals surface area contributed by atoms with Crippen LogP contribution >= 0.6 is 0 Å². The van der Waals surface area contributed by atoms with Gasteiger partial charge in [0.1, 0.15) is 11.5 Å². The van der Waals surface area contributed by atoms with E-state index in [4.69, 9.17) is 4.42 Å². The fraction of sp³-hybridized carbons (Fsp3) is 0.615. The molecule has 1 aliphatic heterocycles. The van der Waals surface area contributed by atoms with Crippen LogP contribution in [0.5, 0.6) is 0 Å². The van der Waals surface area contributed by atoms with Crippen molar-refractivity contribution in [1.29, 1.82) is 0 Å². The van der Waals surface area contributed by atoms with Gasteiger partial charge in [0, 0.05) is 19.5 Å². The molecule has 1 saturated heterocycles. The highest BCUT2D eigenvalue weighted by atomic mass is 16.3. The van der Waals surface area contributed by atoms with Gasteiger partial charge in [-0.1, -0.05) is 0 Å². The van der Waals surface area contributed by atoms with Gasteiger partial charge in [-0.2, -0.15) is 0 Å². The Labute approximate surface area is 102 Å². The predicted molar refractivity (Wildman–Crippen MR) is 65.6 cm³/mol. The molecule has 0 spiro atoms. The van der Waals surface area contributed by atoms with Crippen LogP contribution in [0, 0.1) is 6.92 Å². The molecule has 0 aliphatic carbocycles. The van der Waals surface area contributed by atoms with Crippen LogP contribution in [0.2, 0.25) is 0 Å². The van der Waals surface area contributed by atoms with E-state index in [0.717, 1.165) is 57.0 Å². The van der Waals surface area contributed by atoms with Gasteiger partial charge in [0.2, 0.25) is 5.91 Å². The molecular weight excluding hydrogens is 216 g/mol. The number of aryl methyl sites for hydroxylation is 1. The van der Waals surface area contributed by atoms with Crippen molar-refractivity contribution in [3.05, 3.63) is 23.7 Å². The molecule has 1 N–H and O–H groups in total. The summed E-state index contributed by atoms with van der Waals surface area (Å²) in [7, 11) is 0. The van der Waals surface area contributed by atoms with Gasteiger partial charge in [0.25, 0.3) is 0 Å². The molecule has 1 aliphatic rings. The van der Waals surface area contributed by atoms with Crippen LogP contribution in [0.3, 0.4) is 0 Å². The largest absolute Gasteiger partial charge is 0.465 e. The summed E-state index contributed by atoms with van der Waals surface area (Å²) in [5, 5.41) is 3.32. The minimum Gasteiger partial charge on any atom is -0.465 e. The van der Waals surface area contributed by atoms with Gasteiger partial charge >= 0.3 is 0 Å². The van der Waals surface area contributed by atoms with E-state index in [1.807, 2.05) is 24.0 Å². The van der Waals surface area contributed by atoms with E-state index >= 15 is 0 Å². The van der Waals surface area contributed by atoms with Crippen LogP contribution in [-0.2, 0) is 11.3 Å². The summed E-state index contributed by atoms with van der Waals surface area (Å²) in [5.74, 6) is 2.23. The Bertz CT molecular complexity index is 373. The fourth-order valence-electron chi connectivity index (χ4n) is 2.13. The molecule has 17 heavy (non-hydrogen) atoms. The van der Waals surface area contributed by atoms with Crippen LogP contribution in [0.1, 0.15) is 30.8 Å². The molecule has 94 valence electrons. The molecule has 1 amide bonds. The van der Waals surface area contributed by atoms with Gasteiger partial charge in [-0.25, -0.2) is 0 Å². The Morgan fingerprint density at radius 3 is 3.00 bits per heavy atom. The molecule has 4 heteroatoms. The van der Waals surface area contributed by atoms with Crippen LogP contribution in [0.25, 0.3) is 0 Å². The first-order valence-electron chi connectivity index (χ1n) is 6.29. The average Bonchev–Trinajstić information content (AvgIpc) is 2.88. The van der Waals surface area contributed by atoms with E-state index in [1.54, 1.807) is 0 Å². The first-order valence-corrected chi connectivity index (χ1v) is 6.29. The van der Waals surface area contributed by atoms with Crippen molar-refractivity contribution in [3.8, 4) is 0 Å². The third-order valence-corrected chi connectivity index (χ3v) is 3.05. The summed E-state index contributed by atoms with van der Waals surface area (Å²) in [6.07, 6.45) is 2.77. The standard InChI is InChI=1S/C13H20N2O2/c1-11-5-6-12(17-11)10-14-7-3-9-15-8-2-4-13(15)16/h5-6,14H,2-4,7-10H2,1H3. The van der Waals surface area contributed by atoms with E-state index in [-0.39, 0.29) is 0 Å². The van der Waals surface area contributed by atoms with E-state index < -0.39 is 0 Å². The molecule has 2 heterocycles. The fourth-order valence-corrected chi connectivity index (χ4v) is 2.13. The Balaban J connectivity index is 1.56. The second kappa shape index (κ2) is 5.87. The molecule has 1 fully saturated rings. The van der Waals surface area contributed by atoms with Crippen LogP contribution in [-0.4, -0.2) is 30.4 Å². The molecule has 2 rings (SSSR count). The highest BCUT2D eigenvalue weighted by molar-refractivity contribution is 5.77. The Hall–Kier alpha value is -1.29. The van der Waals surface area contributed by atoms with Gasteiger partial charge in [-0.05, 0) is 38.4 Å². The van der Waals surface area contributed by atoms with Crippen LogP contribution in [0.4, 0.5) is 0 Å². The molecule has 1 aromatic rings. The lowest BCUT2D eigenvalue weighted by Gasteiger charge is -2.14. The maximum atomic E-state index is 11.4. The molecule has 1 aromatic heterocycles. The van der Waals surface area contributed by atoms with Crippen molar-refractivity contribution >= 4 is 5.91 Å². The third-order valence-electron chi connectivity index (χ3n) is 3.05. The molecule has 0 unspecified atom stereocenters. The van der Waals surface area contributed by atoms with Crippen molar-refractivity contribution in [3.63, 3.8) is 0 Å². The number of hydrogen-bond acceptors (Lipinski definition) is 3. The van der Waals surface area contributed by atoms with E-state index in [9.17, 15) is 4.79 Å². The summed E-state index contributed by atoms with van der Waals surface area (Å²) in [6.45, 7) is 5.45. The van der Waals surface area contributed by atoms with Crippen molar-refractivity contribution in [2.24, 2.45) is 0 Å². The molecule has 0 aromatic carbocycles. The number of amides is 1. The molecular formula is C13H20N2O2. The lowest BCUT2D eigenvalue weighted by molar-refractivity contribution is -0.127. The smallest absolute Gasteiger partial charge is 0.222 e. The van der Waals surface area contributed by atoms with Crippen molar-refractivity contribution in [2.75, 3.05) is 19.6 Å². The van der Waals surface area contributed by atoms with Gasteiger partial charge in [0.15, 0.2) is 0 Å². The summed E-state index contributed by atoms with van der Waals surface area (Å²) in [4.78, 5) is 13.3. The quantitative estimate of drug-likeness (QED) is 0.764. The predicted octanol–water partition coefficient (Wildman–Crippen LogP) is 1.69. The molecule has 0 saturated carbocycles. The minimum absolute atomic E-state index is 0.312. The Morgan fingerprint density at radius 2 is 2.35 bits per heavy atom. The molecule has 0 atom stereocenters. The van der Waals surface area contributed by atoms with Crippen LogP contribution in [0.15, 0.2) is 16.5 Å². The zero-order valence-corrected chi connectivity index (χ0v) is 10.4. The SMILES string of the molecule is Cc1ccc(CNCCCN2CCCC2=O)o1. The number of carbonyl (C=O) groups is 1. The third kappa shape index (κ3) is 3.60.